The number of nitrogens with zero attached hydrogens (tertiary/aromatic N) is 4. The monoisotopic (exact) mass is 496 g/mol. The Bertz CT molecular complexity index is 1480. The lowest BCUT2D eigenvalue weighted by Gasteiger charge is -2.16. The highest BCUT2D eigenvalue weighted by Gasteiger charge is 2.24. The van der Waals surface area contributed by atoms with Crippen LogP contribution >= 0.6 is 0 Å². The number of amides is 1. The Hall–Kier alpha value is -3.87. The van der Waals surface area contributed by atoms with Crippen molar-refractivity contribution in [2.75, 3.05) is 11.4 Å². The first kappa shape index (κ1) is 23.5. The van der Waals surface area contributed by atoms with Gasteiger partial charge >= 0.3 is 0 Å². The van der Waals surface area contributed by atoms with Crippen LogP contribution in [0.3, 0.4) is 0 Å². The summed E-state index contributed by atoms with van der Waals surface area (Å²) in [5.74, 6) is 1.16. The van der Waals surface area contributed by atoms with Crippen LogP contribution in [0.15, 0.2) is 65.6 Å². The fraction of sp³-hybridized carbons (Fsp3) is 0.367. The van der Waals surface area contributed by atoms with E-state index in [0.29, 0.717) is 18.1 Å². The second-order valence-corrected chi connectivity index (χ2v) is 10.1. The Kier molecular flexibility index (Phi) is 6.28. The molecule has 0 atom stereocenters. The molecule has 0 spiro atoms. The van der Waals surface area contributed by atoms with E-state index in [4.69, 9.17) is 9.72 Å². The summed E-state index contributed by atoms with van der Waals surface area (Å²) in [5.41, 5.74) is 5.30. The van der Waals surface area contributed by atoms with Gasteiger partial charge in [-0.2, -0.15) is 4.98 Å². The first-order chi connectivity index (χ1) is 18.1. The number of hydrogen-bond donors (Lipinski definition) is 0. The van der Waals surface area contributed by atoms with Crippen molar-refractivity contribution in [1.82, 2.24) is 14.0 Å². The summed E-state index contributed by atoms with van der Waals surface area (Å²) in [6.07, 6.45) is 8.22. The van der Waals surface area contributed by atoms with Gasteiger partial charge in [-0.1, -0.05) is 56.2 Å². The number of anilines is 1. The van der Waals surface area contributed by atoms with E-state index in [1.807, 2.05) is 35.4 Å². The number of rotatable bonds is 8. The average Bonchev–Trinajstić information content (AvgIpc) is 3.61. The number of aryl methyl sites for hydroxylation is 1. The highest BCUT2D eigenvalue weighted by atomic mass is 16.5. The van der Waals surface area contributed by atoms with E-state index in [-0.39, 0.29) is 17.6 Å². The van der Waals surface area contributed by atoms with Crippen LogP contribution in [0.25, 0.3) is 17.0 Å². The molecule has 0 radical (unpaired) electrons. The van der Waals surface area contributed by atoms with Crippen molar-refractivity contribution in [2.45, 2.75) is 64.5 Å². The molecule has 7 heteroatoms. The zero-order chi connectivity index (χ0) is 25.4. The molecule has 0 bridgehead atoms. The van der Waals surface area contributed by atoms with Gasteiger partial charge in [-0.25, -0.2) is 0 Å². The molecule has 2 aliphatic rings. The summed E-state index contributed by atoms with van der Waals surface area (Å²) in [6, 6.07) is 17.9. The van der Waals surface area contributed by atoms with Gasteiger partial charge in [0.2, 0.25) is 17.6 Å². The minimum Gasteiger partial charge on any atom is -0.473 e. The molecular weight excluding hydrogens is 464 g/mol. The Morgan fingerprint density at radius 2 is 1.76 bits per heavy atom. The molecule has 37 heavy (non-hydrogen) atoms. The number of hydrogen-bond acceptors (Lipinski definition) is 4. The highest BCUT2D eigenvalue weighted by Crippen LogP contribution is 2.29. The Morgan fingerprint density at radius 3 is 2.43 bits per heavy atom. The predicted octanol–water partition coefficient (Wildman–Crippen LogP) is 5.03. The zero-order valence-electron chi connectivity index (χ0n) is 21.2. The van der Waals surface area contributed by atoms with Gasteiger partial charge in [-0.15, -0.1) is 0 Å². The molecular formula is C30H32N4O3. The SMILES string of the molecule is CCCCCn1c(-c2ccc(N3CCCC3=O)cc2)cn2c(=O)cc(OC3Cc4ccccc4C3)nc12. The van der Waals surface area contributed by atoms with Crippen molar-refractivity contribution in [1.29, 1.82) is 0 Å². The number of ether oxygens (including phenoxy) is 1. The lowest BCUT2D eigenvalue weighted by atomic mass is 10.1. The summed E-state index contributed by atoms with van der Waals surface area (Å²) < 4.78 is 10.00. The third-order valence-electron chi connectivity index (χ3n) is 7.53. The summed E-state index contributed by atoms with van der Waals surface area (Å²) >= 11 is 0. The third kappa shape index (κ3) is 4.54. The molecule has 1 saturated heterocycles. The standard InChI is InChI=1S/C30H32N4O3/c1-2-3-6-15-33-26(21-11-13-24(14-12-21)32-16-7-10-28(32)35)20-34-29(36)19-27(31-30(33)34)37-25-17-22-8-4-5-9-23(22)18-25/h4-5,8-9,11-14,19-20,25H,2-3,6-7,10,15-18H2,1H3. The minimum absolute atomic E-state index is 0.0180. The zero-order valence-corrected chi connectivity index (χ0v) is 21.2. The smallest absolute Gasteiger partial charge is 0.262 e. The fourth-order valence-corrected chi connectivity index (χ4v) is 5.61. The maximum Gasteiger partial charge on any atom is 0.262 e. The van der Waals surface area contributed by atoms with Gasteiger partial charge in [-0.05, 0) is 41.7 Å². The van der Waals surface area contributed by atoms with Gasteiger partial charge in [0.1, 0.15) is 6.10 Å². The Morgan fingerprint density at radius 1 is 1.00 bits per heavy atom. The molecule has 1 amide bonds. The second kappa shape index (κ2) is 9.88. The maximum atomic E-state index is 13.2. The summed E-state index contributed by atoms with van der Waals surface area (Å²) in [4.78, 5) is 32.0. The number of aromatic nitrogens is 3. The van der Waals surface area contributed by atoms with E-state index in [0.717, 1.165) is 68.6 Å². The third-order valence-corrected chi connectivity index (χ3v) is 7.53. The van der Waals surface area contributed by atoms with Crippen LogP contribution in [0.5, 0.6) is 5.88 Å². The first-order valence-corrected chi connectivity index (χ1v) is 13.4. The molecule has 6 rings (SSSR count). The van der Waals surface area contributed by atoms with Crippen molar-refractivity contribution in [2.24, 2.45) is 0 Å². The summed E-state index contributed by atoms with van der Waals surface area (Å²) in [6.45, 7) is 3.71. The summed E-state index contributed by atoms with van der Waals surface area (Å²) in [5, 5.41) is 0. The number of benzene rings is 2. The molecule has 0 saturated carbocycles. The van der Waals surface area contributed by atoms with Crippen molar-refractivity contribution in [3.05, 3.63) is 82.3 Å². The van der Waals surface area contributed by atoms with Crippen LogP contribution in [0, 0.1) is 0 Å². The maximum absolute atomic E-state index is 13.2. The second-order valence-electron chi connectivity index (χ2n) is 10.1. The van der Waals surface area contributed by atoms with Gasteiger partial charge in [0.25, 0.3) is 5.56 Å². The number of carbonyl (C=O) groups is 1. The number of imidazole rings is 1. The van der Waals surface area contributed by atoms with Gasteiger partial charge in [0.05, 0.1) is 11.8 Å². The van der Waals surface area contributed by atoms with Crippen LogP contribution in [0.1, 0.15) is 50.2 Å². The Balaban J connectivity index is 1.34. The molecule has 3 heterocycles. The normalized spacial score (nSPS) is 15.6. The van der Waals surface area contributed by atoms with Gasteiger partial charge < -0.3 is 14.2 Å². The number of unbranched alkanes of at least 4 members (excludes halogenated alkanes) is 2. The average molecular weight is 497 g/mol. The van der Waals surface area contributed by atoms with E-state index < -0.39 is 0 Å². The van der Waals surface area contributed by atoms with E-state index in [1.165, 1.54) is 17.2 Å². The minimum atomic E-state index is -0.148. The highest BCUT2D eigenvalue weighted by molar-refractivity contribution is 5.95. The fourth-order valence-electron chi connectivity index (χ4n) is 5.61. The molecule has 1 aliphatic heterocycles. The topological polar surface area (TPSA) is 68.8 Å². The van der Waals surface area contributed by atoms with Crippen molar-refractivity contribution < 1.29 is 9.53 Å². The van der Waals surface area contributed by atoms with E-state index >= 15 is 0 Å². The molecule has 1 fully saturated rings. The van der Waals surface area contributed by atoms with Gasteiger partial charge in [0, 0.05) is 44.2 Å². The number of fused-ring (bicyclic) bond motifs is 2. The van der Waals surface area contributed by atoms with Crippen LogP contribution in [-0.4, -0.2) is 32.5 Å². The molecule has 2 aromatic heterocycles. The lowest BCUT2D eigenvalue weighted by molar-refractivity contribution is -0.117. The lowest BCUT2D eigenvalue weighted by Crippen LogP contribution is -2.23. The van der Waals surface area contributed by atoms with Crippen LogP contribution in [-0.2, 0) is 24.2 Å². The van der Waals surface area contributed by atoms with Crippen LogP contribution < -0.4 is 15.2 Å². The van der Waals surface area contributed by atoms with Gasteiger partial charge in [0.15, 0.2) is 0 Å². The molecule has 1 aliphatic carbocycles. The largest absolute Gasteiger partial charge is 0.473 e. The first-order valence-electron chi connectivity index (χ1n) is 13.4. The van der Waals surface area contributed by atoms with Crippen LogP contribution in [0.4, 0.5) is 5.69 Å². The molecule has 0 N–H and O–H groups in total. The summed E-state index contributed by atoms with van der Waals surface area (Å²) in [7, 11) is 0. The van der Waals surface area contributed by atoms with Crippen LogP contribution in [0.2, 0.25) is 0 Å². The quantitative estimate of drug-likeness (QED) is 0.321. The van der Waals surface area contributed by atoms with E-state index in [2.05, 4.69) is 35.8 Å². The molecule has 7 nitrogen and oxygen atoms in total. The van der Waals surface area contributed by atoms with Crippen molar-refractivity contribution >= 4 is 17.4 Å². The van der Waals surface area contributed by atoms with Crippen molar-refractivity contribution in [3.8, 4) is 17.1 Å². The number of carbonyl (C=O) groups excluding carboxylic acids is 1. The molecule has 0 unspecified atom stereocenters. The van der Waals surface area contributed by atoms with E-state index in [1.54, 1.807) is 4.40 Å². The Labute approximate surface area is 216 Å². The molecule has 4 aromatic rings. The predicted molar refractivity (Wildman–Crippen MR) is 144 cm³/mol. The van der Waals surface area contributed by atoms with E-state index in [9.17, 15) is 9.59 Å². The molecule has 190 valence electrons. The van der Waals surface area contributed by atoms with Crippen molar-refractivity contribution in [3.63, 3.8) is 0 Å². The molecule has 2 aromatic carbocycles. The van der Waals surface area contributed by atoms with Gasteiger partial charge in [-0.3, -0.25) is 14.0 Å².